The van der Waals surface area contributed by atoms with Gasteiger partial charge in [-0.15, -0.1) is 0 Å². The van der Waals surface area contributed by atoms with Crippen LogP contribution in [0.4, 0.5) is 0 Å². The summed E-state index contributed by atoms with van der Waals surface area (Å²) in [6.07, 6.45) is 0.376. The first kappa shape index (κ1) is 21.9. The summed E-state index contributed by atoms with van der Waals surface area (Å²) < 4.78 is 29.8. The second-order valence-corrected chi connectivity index (χ2v) is 9.78. The van der Waals surface area contributed by atoms with E-state index in [0.717, 1.165) is 0 Å². The summed E-state index contributed by atoms with van der Waals surface area (Å²) in [5.74, 6) is -1.31. The Morgan fingerprint density at radius 3 is 2.50 bits per heavy atom. The van der Waals surface area contributed by atoms with Crippen LogP contribution in [-0.2, 0) is 19.4 Å². The lowest BCUT2D eigenvalue weighted by molar-refractivity contribution is -0.136. The van der Waals surface area contributed by atoms with Crippen molar-refractivity contribution in [2.45, 2.75) is 39.3 Å². The van der Waals surface area contributed by atoms with Crippen molar-refractivity contribution in [1.29, 1.82) is 0 Å². The molecule has 2 aromatic rings. The van der Waals surface area contributed by atoms with E-state index in [0.29, 0.717) is 23.7 Å². The summed E-state index contributed by atoms with van der Waals surface area (Å²) in [6, 6.07) is 5.92. The number of hydrogen-bond acceptors (Lipinski definition) is 7. The van der Waals surface area contributed by atoms with Gasteiger partial charge in [-0.1, -0.05) is 18.2 Å². The Hall–Kier alpha value is -2.75. The average molecular weight is 436 g/mol. The molecule has 0 spiro atoms. The predicted octanol–water partition coefficient (Wildman–Crippen LogP) is 1.17. The summed E-state index contributed by atoms with van der Waals surface area (Å²) in [4.78, 5) is 39.3. The molecule has 3 rings (SSSR count). The Morgan fingerprint density at radius 2 is 1.93 bits per heavy atom. The number of aromatic nitrogens is 2. The van der Waals surface area contributed by atoms with Gasteiger partial charge in [0.05, 0.1) is 22.9 Å². The highest BCUT2D eigenvalue weighted by Gasteiger charge is 2.34. The van der Waals surface area contributed by atoms with Gasteiger partial charge in [0.1, 0.15) is 0 Å². The summed E-state index contributed by atoms with van der Waals surface area (Å²) >= 11 is 0. The Morgan fingerprint density at radius 1 is 1.27 bits per heavy atom. The smallest absolute Gasteiger partial charge is 0.359 e. The number of carbonyl (C=O) groups is 2. The van der Waals surface area contributed by atoms with Crippen LogP contribution in [0.25, 0.3) is 10.8 Å². The van der Waals surface area contributed by atoms with Crippen LogP contribution in [0.15, 0.2) is 29.1 Å². The Labute approximate surface area is 174 Å². The van der Waals surface area contributed by atoms with Gasteiger partial charge in [0.25, 0.3) is 11.5 Å². The molecule has 0 aliphatic carbocycles. The third-order valence-corrected chi connectivity index (χ3v) is 6.90. The van der Waals surface area contributed by atoms with E-state index in [9.17, 15) is 22.8 Å². The lowest BCUT2D eigenvalue weighted by atomic mass is 10.1. The van der Waals surface area contributed by atoms with Crippen molar-refractivity contribution in [3.8, 4) is 0 Å². The standard InChI is InChI=1S/C20H25N3O6S/c1-4-22(14-9-10-30(27,28)12-14)17(24)11-29-20(26)18-15-7-5-6-8-16(15)19(25)23(21-18)13(2)3/h5-8,13-14H,4,9-12H2,1-3H3. The van der Waals surface area contributed by atoms with Crippen LogP contribution in [0.5, 0.6) is 0 Å². The van der Waals surface area contributed by atoms with Crippen molar-refractivity contribution in [1.82, 2.24) is 14.7 Å². The zero-order chi connectivity index (χ0) is 22.1. The highest BCUT2D eigenvalue weighted by molar-refractivity contribution is 7.91. The molecule has 1 amide bonds. The van der Waals surface area contributed by atoms with Crippen LogP contribution in [0.2, 0.25) is 0 Å². The van der Waals surface area contributed by atoms with E-state index in [4.69, 9.17) is 4.74 Å². The van der Waals surface area contributed by atoms with Crippen molar-refractivity contribution >= 4 is 32.5 Å². The summed E-state index contributed by atoms with van der Waals surface area (Å²) in [6.45, 7) is 5.08. The van der Waals surface area contributed by atoms with Gasteiger partial charge in [0, 0.05) is 18.0 Å². The molecule has 10 heteroatoms. The van der Waals surface area contributed by atoms with E-state index in [1.165, 1.54) is 9.58 Å². The fourth-order valence-corrected chi connectivity index (χ4v) is 5.38. The number of fused-ring (bicyclic) bond motifs is 1. The second-order valence-electron chi connectivity index (χ2n) is 7.55. The fraction of sp³-hybridized carbons (Fsp3) is 0.500. The van der Waals surface area contributed by atoms with E-state index < -0.39 is 34.4 Å². The van der Waals surface area contributed by atoms with Crippen molar-refractivity contribution < 1.29 is 22.7 Å². The lowest BCUT2D eigenvalue weighted by Gasteiger charge is -2.26. The van der Waals surface area contributed by atoms with E-state index >= 15 is 0 Å². The number of carbonyl (C=O) groups excluding carboxylic acids is 2. The largest absolute Gasteiger partial charge is 0.451 e. The van der Waals surface area contributed by atoms with Gasteiger partial charge >= 0.3 is 5.97 Å². The molecule has 2 heterocycles. The van der Waals surface area contributed by atoms with Gasteiger partial charge in [-0.05, 0) is 33.3 Å². The van der Waals surface area contributed by atoms with E-state index in [2.05, 4.69) is 5.10 Å². The minimum Gasteiger partial charge on any atom is -0.451 e. The first-order valence-corrected chi connectivity index (χ1v) is 11.6. The lowest BCUT2D eigenvalue weighted by Crippen LogP contribution is -2.43. The molecular weight excluding hydrogens is 410 g/mol. The molecule has 1 aromatic carbocycles. The van der Waals surface area contributed by atoms with Gasteiger partial charge in [0.2, 0.25) is 0 Å². The number of hydrogen-bond donors (Lipinski definition) is 0. The molecule has 1 aromatic heterocycles. The van der Waals surface area contributed by atoms with Crippen LogP contribution in [0.1, 0.15) is 43.7 Å². The van der Waals surface area contributed by atoms with Crippen molar-refractivity contribution in [2.24, 2.45) is 0 Å². The molecule has 9 nitrogen and oxygen atoms in total. The number of benzene rings is 1. The number of sulfone groups is 1. The van der Waals surface area contributed by atoms with Crippen LogP contribution < -0.4 is 5.56 Å². The zero-order valence-corrected chi connectivity index (χ0v) is 18.0. The molecule has 0 N–H and O–H groups in total. The van der Waals surface area contributed by atoms with Crippen LogP contribution in [0.3, 0.4) is 0 Å². The van der Waals surface area contributed by atoms with Crippen molar-refractivity contribution in [2.75, 3.05) is 24.7 Å². The molecule has 30 heavy (non-hydrogen) atoms. The molecule has 1 unspecified atom stereocenters. The Kier molecular flexibility index (Phi) is 6.25. The molecule has 1 saturated heterocycles. The number of ether oxygens (including phenoxy) is 1. The van der Waals surface area contributed by atoms with Crippen LogP contribution in [-0.4, -0.2) is 65.7 Å². The topological polar surface area (TPSA) is 116 Å². The third-order valence-electron chi connectivity index (χ3n) is 5.15. The highest BCUT2D eigenvalue weighted by Crippen LogP contribution is 2.19. The maximum Gasteiger partial charge on any atom is 0.359 e. The fourth-order valence-electron chi connectivity index (χ4n) is 3.65. The van der Waals surface area contributed by atoms with Crippen molar-refractivity contribution in [3.63, 3.8) is 0 Å². The molecule has 0 bridgehead atoms. The summed E-state index contributed by atoms with van der Waals surface area (Å²) in [5.41, 5.74) is -0.356. The molecule has 1 atom stereocenters. The Bertz CT molecular complexity index is 1140. The number of rotatable bonds is 6. The summed E-state index contributed by atoms with van der Waals surface area (Å²) in [5, 5.41) is 4.86. The predicted molar refractivity (Wildman–Crippen MR) is 111 cm³/mol. The zero-order valence-electron chi connectivity index (χ0n) is 17.2. The van der Waals surface area contributed by atoms with Gasteiger partial charge in [-0.25, -0.2) is 17.9 Å². The first-order valence-electron chi connectivity index (χ1n) is 9.83. The van der Waals surface area contributed by atoms with Gasteiger partial charge in [-0.2, -0.15) is 5.10 Å². The van der Waals surface area contributed by atoms with Crippen molar-refractivity contribution in [3.05, 3.63) is 40.3 Å². The molecule has 0 radical (unpaired) electrons. The number of likely N-dealkylation sites (N-methyl/N-ethyl adjacent to an activating group) is 1. The maximum absolute atomic E-state index is 12.7. The van der Waals surface area contributed by atoms with Gasteiger partial charge in [0.15, 0.2) is 22.1 Å². The molecule has 1 fully saturated rings. The molecule has 0 saturated carbocycles. The Balaban J connectivity index is 1.81. The average Bonchev–Trinajstić information content (AvgIpc) is 3.06. The van der Waals surface area contributed by atoms with E-state index in [1.807, 2.05) is 0 Å². The monoisotopic (exact) mass is 435 g/mol. The third kappa shape index (κ3) is 4.38. The number of esters is 1. The number of amides is 1. The molecule has 1 aliphatic heterocycles. The van der Waals surface area contributed by atoms with E-state index in [-0.39, 0.29) is 28.8 Å². The molecular formula is C20H25N3O6S. The minimum absolute atomic E-state index is 0.0433. The minimum atomic E-state index is -3.14. The van der Waals surface area contributed by atoms with Crippen LogP contribution >= 0.6 is 0 Å². The highest BCUT2D eigenvalue weighted by atomic mass is 32.2. The molecule has 1 aliphatic rings. The van der Waals surface area contributed by atoms with Gasteiger partial charge < -0.3 is 9.64 Å². The first-order chi connectivity index (χ1) is 14.1. The van der Waals surface area contributed by atoms with E-state index in [1.54, 1.807) is 45.0 Å². The summed E-state index contributed by atoms with van der Waals surface area (Å²) in [7, 11) is -3.14. The SMILES string of the molecule is CCN(C(=O)COC(=O)c1nn(C(C)C)c(=O)c2ccccc12)C1CCS(=O)(=O)C1. The quantitative estimate of drug-likeness (QED) is 0.626. The molecule has 162 valence electrons. The van der Waals surface area contributed by atoms with Crippen LogP contribution in [0, 0.1) is 0 Å². The maximum atomic E-state index is 12.7. The number of nitrogens with zero attached hydrogens (tertiary/aromatic N) is 3. The van der Waals surface area contributed by atoms with Gasteiger partial charge in [-0.3, -0.25) is 9.59 Å². The normalized spacial score (nSPS) is 17.9. The second kappa shape index (κ2) is 8.55.